The molecule has 3 aromatic rings. The van der Waals surface area contributed by atoms with Gasteiger partial charge in [0.2, 0.25) is 0 Å². The van der Waals surface area contributed by atoms with E-state index in [1.807, 2.05) is 36.1 Å². The molecule has 1 aliphatic heterocycles. The van der Waals surface area contributed by atoms with Crippen LogP contribution >= 0.6 is 0 Å². The van der Waals surface area contributed by atoms with Gasteiger partial charge in [-0.1, -0.05) is 12.1 Å². The van der Waals surface area contributed by atoms with E-state index in [1.165, 1.54) is 6.33 Å². The first-order valence-corrected chi connectivity index (χ1v) is 9.91. The van der Waals surface area contributed by atoms with Crippen molar-refractivity contribution in [2.75, 3.05) is 13.1 Å². The van der Waals surface area contributed by atoms with Crippen molar-refractivity contribution >= 4 is 5.91 Å². The van der Waals surface area contributed by atoms with Crippen molar-refractivity contribution in [1.29, 1.82) is 0 Å². The van der Waals surface area contributed by atoms with Crippen molar-refractivity contribution in [3.05, 3.63) is 69.9 Å². The molecule has 1 amide bonds. The van der Waals surface area contributed by atoms with Crippen LogP contribution in [0.4, 0.5) is 0 Å². The molecule has 2 aromatic heterocycles. The van der Waals surface area contributed by atoms with Gasteiger partial charge in [-0.05, 0) is 44.7 Å². The van der Waals surface area contributed by atoms with Crippen molar-refractivity contribution in [2.45, 2.75) is 38.0 Å². The molecule has 3 heterocycles. The molecule has 1 aliphatic carbocycles. The normalized spacial score (nSPS) is 20.8. The third kappa shape index (κ3) is 2.86. The minimum absolute atomic E-state index is 0.0230. The average Bonchev–Trinajstić information content (AvgIpc) is 3.37. The van der Waals surface area contributed by atoms with Crippen LogP contribution in [-0.2, 0) is 11.8 Å². The Morgan fingerprint density at radius 2 is 2.10 bits per heavy atom. The molecule has 8 heteroatoms. The van der Waals surface area contributed by atoms with Crippen molar-refractivity contribution in [3.63, 3.8) is 0 Å². The van der Waals surface area contributed by atoms with Gasteiger partial charge in [0.05, 0.1) is 16.9 Å². The van der Waals surface area contributed by atoms with Gasteiger partial charge < -0.3 is 9.88 Å². The summed E-state index contributed by atoms with van der Waals surface area (Å²) < 4.78 is 1.61. The van der Waals surface area contributed by atoms with E-state index in [9.17, 15) is 9.59 Å². The maximum absolute atomic E-state index is 13.5. The first-order chi connectivity index (χ1) is 14.1. The van der Waals surface area contributed by atoms with Crippen LogP contribution in [0.2, 0.25) is 0 Å². The van der Waals surface area contributed by atoms with Gasteiger partial charge in [0, 0.05) is 24.1 Å². The van der Waals surface area contributed by atoms with E-state index in [1.54, 1.807) is 11.0 Å². The molecule has 5 rings (SSSR count). The summed E-state index contributed by atoms with van der Waals surface area (Å²) in [6, 6.07) is 7.45. The number of amides is 1. The van der Waals surface area contributed by atoms with Gasteiger partial charge in [0.25, 0.3) is 11.5 Å². The summed E-state index contributed by atoms with van der Waals surface area (Å²) in [5.74, 6) is 0.611. The second-order valence-electron chi connectivity index (χ2n) is 7.95. The molecule has 8 nitrogen and oxygen atoms in total. The zero-order chi connectivity index (χ0) is 20.0. The summed E-state index contributed by atoms with van der Waals surface area (Å²) in [4.78, 5) is 39.3. The summed E-state index contributed by atoms with van der Waals surface area (Å²) in [6.07, 6.45) is 6.47. The van der Waals surface area contributed by atoms with E-state index < -0.39 is 0 Å². The van der Waals surface area contributed by atoms with E-state index in [0.717, 1.165) is 36.9 Å². The highest BCUT2D eigenvalue weighted by Gasteiger charge is 2.45. The summed E-state index contributed by atoms with van der Waals surface area (Å²) in [5.41, 5.74) is 2.72. The third-order valence-electron chi connectivity index (χ3n) is 6.15. The molecule has 1 aromatic carbocycles. The number of hydrogen-bond donors (Lipinski definition) is 1. The van der Waals surface area contributed by atoms with Gasteiger partial charge in [-0.2, -0.15) is 5.10 Å². The molecule has 1 saturated heterocycles. The monoisotopic (exact) mass is 390 g/mol. The second-order valence-corrected chi connectivity index (χ2v) is 7.95. The van der Waals surface area contributed by atoms with E-state index in [0.29, 0.717) is 30.2 Å². The van der Waals surface area contributed by atoms with Crippen molar-refractivity contribution in [2.24, 2.45) is 0 Å². The lowest BCUT2D eigenvalue weighted by molar-refractivity contribution is 0.0633. The Hall–Kier alpha value is -3.29. The number of fused-ring (bicyclic) bond motifs is 2. The summed E-state index contributed by atoms with van der Waals surface area (Å²) in [6.45, 7) is 3.10. The number of nitrogens with one attached hydrogen (secondary N) is 1. The van der Waals surface area contributed by atoms with Crippen LogP contribution in [0.25, 0.3) is 5.69 Å². The van der Waals surface area contributed by atoms with Gasteiger partial charge in [0.15, 0.2) is 0 Å². The number of carbonyl (C=O) groups is 1. The number of para-hydroxylation sites is 1. The quantitative estimate of drug-likeness (QED) is 0.719. The van der Waals surface area contributed by atoms with E-state index >= 15 is 0 Å². The second kappa shape index (κ2) is 6.65. The molecular weight excluding hydrogens is 368 g/mol. The topological polar surface area (TPSA) is 96.8 Å². The average molecular weight is 390 g/mol. The zero-order valence-corrected chi connectivity index (χ0v) is 16.3. The maximum atomic E-state index is 13.5. The van der Waals surface area contributed by atoms with Crippen LogP contribution in [0.3, 0.4) is 0 Å². The fraction of sp³-hybridized carbons (Fsp3) is 0.381. The molecule has 1 spiro atoms. The van der Waals surface area contributed by atoms with Crippen molar-refractivity contribution < 1.29 is 4.79 Å². The molecule has 1 N–H and O–H groups in total. The maximum Gasteiger partial charge on any atom is 0.256 e. The summed E-state index contributed by atoms with van der Waals surface area (Å²) in [5, 5.41) is 4.18. The Morgan fingerprint density at radius 1 is 1.24 bits per heavy atom. The Bertz CT molecular complexity index is 1140. The lowest BCUT2D eigenvalue weighted by Gasteiger charge is -2.40. The fourth-order valence-electron chi connectivity index (χ4n) is 4.82. The first-order valence-electron chi connectivity index (χ1n) is 9.91. The van der Waals surface area contributed by atoms with Gasteiger partial charge >= 0.3 is 0 Å². The van der Waals surface area contributed by atoms with Gasteiger partial charge in [-0.15, -0.1) is 0 Å². The minimum Gasteiger partial charge on any atom is -0.338 e. The Kier molecular flexibility index (Phi) is 4.08. The predicted octanol–water partition coefficient (Wildman–Crippen LogP) is 1.78. The van der Waals surface area contributed by atoms with E-state index in [-0.39, 0.29) is 16.9 Å². The first kappa shape index (κ1) is 17.8. The molecular formula is C21H22N6O2. The standard InChI is InChI=1S/C21H22N6O2/c1-14-24-18-16(19(28)25-14)7-9-21(18)8-4-10-26(11-21)20(29)15-5-2-3-6-17(15)27-13-22-12-23-27/h2-3,5-6,12-13H,4,7-11H2,1H3,(H,24,25,28). The van der Waals surface area contributed by atoms with Crippen LogP contribution in [0.1, 0.15) is 46.7 Å². The molecule has 148 valence electrons. The molecule has 1 unspecified atom stereocenters. The van der Waals surface area contributed by atoms with Gasteiger partial charge in [0.1, 0.15) is 18.5 Å². The SMILES string of the molecule is Cc1nc2c(c(=O)[nH]1)CCC21CCCN(C(=O)c2ccccc2-n2cncn2)C1. The highest BCUT2D eigenvalue weighted by molar-refractivity contribution is 5.97. The Labute approximate surface area is 167 Å². The zero-order valence-electron chi connectivity index (χ0n) is 16.3. The van der Waals surface area contributed by atoms with Crippen LogP contribution in [0.5, 0.6) is 0 Å². The molecule has 1 atom stereocenters. The summed E-state index contributed by atoms with van der Waals surface area (Å²) in [7, 11) is 0. The number of aryl methyl sites for hydroxylation is 1. The number of H-pyrrole nitrogens is 1. The Balaban J connectivity index is 1.50. The summed E-state index contributed by atoms with van der Waals surface area (Å²) >= 11 is 0. The predicted molar refractivity (Wildman–Crippen MR) is 106 cm³/mol. The van der Waals surface area contributed by atoms with E-state index in [2.05, 4.69) is 15.1 Å². The number of piperidine rings is 1. The van der Waals surface area contributed by atoms with Crippen LogP contribution in [0.15, 0.2) is 41.7 Å². The fourth-order valence-corrected chi connectivity index (χ4v) is 4.82. The van der Waals surface area contributed by atoms with Crippen LogP contribution in [-0.4, -0.2) is 48.6 Å². The number of aromatic nitrogens is 5. The number of likely N-dealkylation sites (tertiary alicyclic amines) is 1. The van der Waals surface area contributed by atoms with Crippen molar-refractivity contribution in [3.8, 4) is 5.69 Å². The molecule has 0 saturated carbocycles. The minimum atomic E-state index is -0.232. The number of aromatic amines is 1. The third-order valence-corrected chi connectivity index (χ3v) is 6.15. The molecule has 1 fully saturated rings. The van der Waals surface area contributed by atoms with Crippen molar-refractivity contribution in [1.82, 2.24) is 29.6 Å². The molecule has 0 radical (unpaired) electrons. The molecule has 0 bridgehead atoms. The number of rotatable bonds is 2. The Morgan fingerprint density at radius 3 is 2.93 bits per heavy atom. The molecule has 2 aliphatic rings. The van der Waals surface area contributed by atoms with E-state index in [4.69, 9.17) is 4.98 Å². The molecule has 29 heavy (non-hydrogen) atoms. The highest BCUT2D eigenvalue weighted by atomic mass is 16.2. The van der Waals surface area contributed by atoms with Crippen LogP contribution < -0.4 is 5.56 Å². The number of nitrogens with zero attached hydrogens (tertiary/aromatic N) is 5. The lowest BCUT2D eigenvalue weighted by Crippen LogP contribution is -2.48. The van der Waals surface area contributed by atoms with Crippen LogP contribution in [0, 0.1) is 6.92 Å². The smallest absolute Gasteiger partial charge is 0.256 e. The van der Waals surface area contributed by atoms with Gasteiger partial charge in [-0.3, -0.25) is 9.59 Å². The number of benzene rings is 1. The number of carbonyl (C=O) groups excluding carboxylic acids is 1. The highest BCUT2D eigenvalue weighted by Crippen LogP contribution is 2.43. The largest absolute Gasteiger partial charge is 0.338 e. The lowest BCUT2D eigenvalue weighted by atomic mass is 9.77. The van der Waals surface area contributed by atoms with Gasteiger partial charge in [-0.25, -0.2) is 14.6 Å². The number of hydrogen-bond acceptors (Lipinski definition) is 5.